The number of esters is 1. The third kappa shape index (κ3) is 2.34. The standard InChI is InChI=1S/C13H20ClNO2/c1-6-8(3)12-11(14)10(13(16)17-5)9(4)15(12)7-2/h8H,6-7H2,1-5H3. The first-order valence-corrected chi connectivity index (χ1v) is 6.34. The Kier molecular flexibility index (Phi) is 4.63. The van der Waals surface area contributed by atoms with Crippen molar-refractivity contribution in [2.75, 3.05) is 7.11 Å². The van der Waals surface area contributed by atoms with Crippen molar-refractivity contribution in [3.05, 3.63) is 22.0 Å². The van der Waals surface area contributed by atoms with E-state index in [0.29, 0.717) is 16.5 Å². The highest BCUT2D eigenvalue weighted by atomic mass is 35.5. The summed E-state index contributed by atoms with van der Waals surface area (Å²) in [5, 5.41) is 0.547. The van der Waals surface area contributed by atoms with Crippen LogP contribution in [0.4, 0.5) is 0 Å². The molecule has 4 heteroatoms. The van der Waals surface area contributed by atoms with Gasteiger partial charge in [-0.15, -0.1) is 0 Å². The normalized spacial score (nSPS) is 12.6. The fraction of sp³-hybridized carbons (Fsp3) is 0.615. The van der Waals surface area contributed by atoms with Crippen molar-refractivity contribution >= 4 is 17.6 Å². The molecule has 0 aromatic carbocycles. The summed E-state index contributed by atoms with van der Waals surface area (Å²) in [7, 11) is 1.38. The summed E-state index contributed by atoms with van der Waals surface area (Å²) in [6.07, 6.45) is 0.990. The molecule has 0 fully saturated rings. The van der Waals surface area contributed by atoms with Crippen molar-refractivity contribution in [1.29, 1.82) is 0 Å². The Morgan fingerprint density at radius 3 is 2.47 bits per heavy atom. The van der Waals surface area contributed by atoms with Gasteiger partial charge in [0.25, 0.3) is 0 Å². The predicted molar refractivity (Wildman–Crippen MR) is 69.9 cm³/mol. The first kappa shape index (κ1) is 14.1. The molecule has 0 aliphatic rings. The van der Waals surface area contributed by atoms with Crippen molar-refractivity contribution in [1.82, 2.24) is 4.57 Å². The van der Waals surface area contributed by atoms with Gasteiger partial charge in [0, 0.05) is 17.9 Å². The molecule has 0 aliphatic heterocycles. The van der Waals surface area contributed by atoms with Gasteiger partial charge < -0.3 is 9.30 Å². The van der Waals surface area contributed by atoms with E-state index in [1.165, 1.54) is 7.11 Å². The summed E-state index contributed by atoms with van der Waals surface area (Å²) < 4.78 is 6.89. The van der Waals surface area contributed by atoms with E-state index in [9.17, 15) is 4.79 Å². The van der Waals surface area contributed by atoms with Crippen molar-refractivity contribution < 1.29 is 9.53 Å². The minimum atomic E-state index is -0.357. The van der Waals surface area contributed by atoms with Crippen LogP contribution >= 0.6 is 11.6 Å². The summed E-state index contributed by atoms with van der Waals surface area (Å²) in [4.78, 5) is 11.7. The molecule has 0 radical (unpaired) electrons. The lowest BCUT2D eigenvalue weighted by atomic mass is 10.0. The Labute approximate surface area is 108 Å². The van der Waals surface area contributed by atoms with Crippen molar-refractivity contribution in [2.45, 2.75) is 46.6 Å². The maximum absolute atomic E-state index is 11.7. The van der Waals surface area contributed by atoms with Crippen LogP contribution in [0.5, 0.6) is 0 Å². The van der Waals surface area contributed by atoms with Crippen LogP contribution in [0.15, 0.2) is 0 Å². The summed E-state index contributed by atoms with van der Waals surface area (Å²) in [6.45, 7) is 9.00. The maximum Gasteiger partial charge on any atom is 0.341 e. The van der Waals surface area contributed by atoms with Gasteiger partial charge in [0.15, 0.2) is 0 Å². The molecule has 96 valence electrons. The SMILES string of the molecule is CCC(C)c1c(Cl)c(C(=O)OC)c(C)n1CC. The lowest BCUT2D eigenvalue weighted by Crippen LogP contribution is -2.06. The molecule has 1 aromatic rings. The molecule has 0 saturated heterocycles. The molecule has 0 bridgehead atoms. The average molecular weight is 258 g/mol. The van der Waals surface area contributed by atoms with Crippen LogP contribution in [0.25, 0.3) is 0 Å². The Morgan fingerprint density at radius 2 is 2.06 bits per heavy atom. The topological polar surface area (TPSA) is 31.2 Å². The van der Waals surface area contributed by atoms with Gasteiger partial charge in [-0.1, -0.05) is 25.4 Å². The number of hydrogen-bond donors (Lipinski definition) is 0. The molecule has 0 N–H and O–H groups in total. The van der Waals surface area contributed by atoms with E-state index >= 15 is 0 Å². The molecular weight excluding hydrogens is 238 g/mol. The fourth-order valence-electron chi connectivity index (χ4n) is 2.14. The largest absolute Gasteiger partial charge is 0.465 e. The Morgan fingerprint density at radius 1 is 1.47 bits per heavy atom. The molecule has 0 saturated carbocycles. The molecule has 1 aromatic heterocycles. The monoisotopic (exact) mass is 257 g/mol. The highest BCUT2D eigenvalue weighted by Crippen LogP contribution is 2.34. The molecule has 1 heterocycles. The zero-order chi connectivity index (χ0) is 13.2. The van der Waals surface area contributed by atoms with Gasteiger partial charge >= 0.3 is 5.97 Å². The van der Waals surface area contributed by atoms with Crippen LogP contribution in [-0.2, 0) is 11.3 Å². The molecule has 3 nitrogen and oxygen atoms in total. The predicted octanol–water partition coefficient (Wildman–Crippen LogP) is 3.77. The third-order valence-corrected chi connectivity index (χ3v) is 3.67. The van der Waals surface area contributed by atoms with Crippen LogP contribution < -0.4 is 0 Å². The Balaban J connectivity index is 3.45. The van der Waals surface area contributed by atoms with E-state index in [1.54, 1.807) is 0 Å². The number of rotatable bonds is 4. The average Bonchev–Trinajstić information content (AvgIpc) is 2.58. The van der Waals surface area contributed by atoms with Gasteiger partial charge in [-0.25, -0.2) is 4.79 Å². The second-order valence-corrected chi connectivity index (χ2v) is 4.58. The van der Waals surface area contributed by atoms with Crippen molar-refractivity contribution in [3.8, 4) is 0 Å². The number of carbonyl (C=O) groups excluding carboxylic acids is 1. The minimum Gasteiger partial charge on any atom is -0.465 e. The van der Waals surface area contributed by atoms with Crippen molar-refractivity contribution in [3.63, 3.8) is 0 Å². The first-order valence-electron chi connectivity index (χ1n) is 5.96. The summed E-state index contributed by atoms with van der Waals surface area (Å²) in [5.74, 6) is -0.0243. The Bertz CT molecular complexity index is 424. The van der Waals surface area contributed by atoms with Crippen LogP contribution in [0.2, 0.25) is 5.02 Å². The molecular formula is C13H20ClNO2. The lowest BCUT2D eigenvalue weighted by Gasteiger charge is -2.14. The number of halogens is 1. The minimum absolute atomic E-state index is 0.333. The van der Waals surface area contributed by atoms with E-state index in [4.69, 9.17) is 16.3 Å². The molecule has 0 amide bonds. The molecule has 17 heavy (non-hydrogen) atoms. The van der Waals surface area contributed by atoms with Crippen molar-refractivity contribution in [2.24, 2.45) is 0 Å². The van der Waals surface area contributed by atoms with E-state index in [0.717, 1.165) is 24.4 Å². The summed E-state index contributed by atoms with van der Waals surface area (Å²) in [6, 6.07) is 0. The second kappa shape index (κ2) is 5.58. The van der Waals surface area contributed by atoms with Gasteiger partial charge in [0.1, 0.15) is 0 Å². The highest BCUT2D eigenvalue weighted by molar-refractivity contribution is 6.34. The first-order chi connectivity index (χ1) is 7.99. The Hall–Kier alpha value is -0.960. The molecule has 1 rings (SSSR count). The summed E-state index contributed by atoms with van der Waals surface area (Å²) in [5.41, 5.74) is 2.43. The highest BCUT2D eigenvalue weighted by Gasteiger charge is 2.26. The molecule has 1 atom stereocenters. The number of methoxy groups -OCH3 is 1. The fourth-order valence-corrected chi connectivity index (χ4v) is 2.65. The number of hydrogen-bond acceptors (Lipinski definition) is 2. The number of ether oxygens (including phenoxy) is 1. The number of nitrogens with zero attached hydrogens (tertiary/aromatic N) is 1. The van der Waals surface area contributed by atoms with E-state index in [1.807, 2.05) is 6.92 Å². The van der Waals surface area contributed by atoms with Gasteiger partial charge in [0.05, 0.1) is 17.7 Å². The zero-order valence-corrected chi connectivity index (χ0v) is 11.9. The molecule has 1 unspecified atom stereocenters. The second-order valence-electron chi connectivity index (χ2n) is 4.20. The quantitative estimate of drug-likeness (QED) is 0.769. The smallest absolute Gasteiger partial charge is 0.341 e. The van der Waals surface area contributed by atoms with Gasteiger partial charge in [-0.05, 0) is 26.2 Å². The summed E-state index contributed by atoms with van der Waals surface area (Å²) >= 11 is 6.34. The molecule has 0 aliphatic carbocycles. The zero-order valence-electron chi connectivity index (χ0n) is 11.1. The third-order valence-electron chi connectivity index (χ3n) is 3.29. The van der Waals surface area contributed by atoms with Crippen LogP contribution in [0.1, 0.15) is 54.9 Å². The van der Waals surface area contributed by atoms with Gasteiger partial charge in [0.2, 0.25) is 0 Å². The van der Waals surface area contributed by atoms with Gasteiger partial charge in [-0.3, -0.25) is 0 Å². The lowest BCUT2D eigenvalue weighted by molar-refractivity contribution is 0.0600. The molecule has 0 spiro atoms. The van der Waals surface area contributed by atoms with E-state index in [2.05, 4.69) is 25.3 Å². The number of carbonyl (C=O) groups is 1. The number of aromatic nitrogens is 1. The van der Waals surface area contributed by atoms with Gasteiger partial charge in [-0.2, -0.15) is 0 Å². The van der Waals surface area contributed by atoms with E-state index < -0.39 is 0 Å². The van der Waals surface area contributed by atoms with Crippen LogP contribution in [-0.4, -0.2) is 17.6 Å². The van der Waals surface area contributed by atoms with E-state index in [-0.39, 0.29) is 5.97 Å². The van der Waals surface area contributed by atoms with Crippen LogP contribution in [0, 0.1) is 6.92 Å². The maximum atomic E-state index is 11.7. The van der Waals surface area contributed by atoms with Crippen LogP contribution in [0.3, 0.4) is 0 Å².